The van der Waals surface area contributed by atoms with Gasteiger partial charge in [-0.3, -0.25) is 4.57 Å². The third-order valence-corrected chi connectivity index (χ3v) is 13.0. The van der Waals surface area contributed by atoms with E-state index in [-0.39, 0.29) is 17.1 Å². The molecule has 0 spiro atoms. The van der Waals surface area contributed by atoms with Gasteiger partial charge in [-0.2, -0.15) is 0 Å². The molecule has 0 heterocycles. The van der Waals surface area contributed by atoms with Crippen LogP contribution in [0.2, 0.25) is 0 Å². The first-order valence-electron chi connectivity index (χ1n) is 7.66. The summed E-state index contributed by atoms with van der Waals surface area (Å²) >= 11 is 2.89. The molecule has 0 bridgehead atoms. The van der Waals surface area contributed by atoms with Gasteiger partial charge in [0.1, 0.15) is 12.4 Å². The summed E-state index contributed by atoms with van der Waals surface area (Å²) in [4.78, 5) is 12.0. The molecule has 130 valence electrons. The monoisotopic (exact) mass is 375 g/mol. The quantitative estimate of drug-likeness (QED) is 0.588. The van der Waals surface area contributed by atoms with Crippen LogP contribution in [0.15, 0.2) is 30.3 Å². The topological polar surface area (TPSA) is 55.4 Å². The number of amides is 1. The highest BCUT2D eigenvalue weighted by atomic mass is 33.1. The Morgan fingerprint density at radius 2 is 1.61 bits per heavy atom. The van der Waals surface area contributed by atoms with Crippen LogP contribution in [-0.2, 0) is 15.9 Å². The lowest BCUT2D eigenvalue weighted by Crippen LogP contribution is -2.32. The van der Waals surface area contributed by atoms with E-state index in [1.54, 1.807) is 6.92 Å². The Bertz CT molecular complexity index is 523. The fraction of sp³-hybridized carbons (Fsp3) is 0.562. The van der Waals surface area contributed by atoms with Crippen molar-refractivity contribution in [3.8, 4) is 0 Å². The Labute approximate surface area is 147 Å². The van der Waals surface area contributed by atoms with Crippen LogP contribution in [0.1, 0.15) is 40.2 Å². The van der Waals surface area contributed by atoms with Crippen molar-refractivity contribution in [1.82, 2.24) is 5.32 Å². The number of rotatable bonds is 8. The molecule has 0 radical (unpaired) electrons. The summed E-state index contributed by atoms with van der Waals surface area (Å²) in [6.45, 7) is 10.0. The SMILES string of the molecule is CC(C)SP(=O)(SC(C)C)C(C)NC(=O)OCc1ccccc1. The molecule has 23 heavy (non-hydrogen) atoms. The Kier molecular flexibility index (Phi) is 8.59. The van der Waals surface area contributed by atoms with Gasteiger partial charge >= 0.3 is 6.09 Å². The van der Waals surface area contributed by atoms with Crippen LogP contribution < -0.4 is 5.32 Å². The van der Waals surface area contributed by atoms with Gasteiger partial charge in [0.25, 0.3) is 0 Å². The fourth-order valence-corrected chi connectivity index (χ4v) is 12.3. The van der Waals surface area contributed by atoms with Crippen LogP contribution in [0, 0.1) is 0 Å². The van der Waals surface area contributed by atoms with Gasteiger partial charge in [0.05, 0.1) is 0 Å². The maximum absolute atomic E-state index is 13.2. The van der Waals surface area contributed by atoms with Crippen LogP contribution in [0.5, 0.6) is 0 Å². The number of carbonyl (C=O) groups is 1. The van der Waals surface area contributed by atoms with Crippen molar-refractivity contribution in [3.63, 3.8) is 0 Å². The molecule has 0 aliphatic heterocycles. The Morgan fingerprint density at radius 1 is 1.09 bits per heavy atom. The largest absolute Gasteiger partial charge is 0.445 e. The second-order valence-electron chi connectivity index (χ2n) is 5.73. The minimum atomic E-state index is -2.65. The molecule has 0 saturated carbocycles. The van der Waals surface area contributed by atoms with Gasteiger partial charge < -0.3 is 10.1 Å². The van der Waals surface area contributed by atoms with Crippen LogP contribution in [0.3, 0.4) is 0 Å². The highest BCUT2D eigenvalue weighted by Crippen LogP contribution is 2.73. The molecule has 1 aromatic carbocycles. The van der Waals surface area contributed by atoms with Gasteiger partial charge in [-0.15, -0.1) is 0 Å². The van der Waals surface area contributed by atoms with Gasteiger partial charge in [-0.05, 0) is 12.5 Å². The molecular weight excluding hydrogens is 349 g/mol. The molecule has 1 rings (SSSR count). The average Bonchev–Trinajstić information content (AvgIpc) is 2.44. The number of carbonyl (C=O) groups excluding carboxylic acids is 1. The summed E-state index contributed by atoms with van der Waals surface area (Å²) in [5.74, 6) is -0.439. The predicted octanol–water partition coefficient (Wildman–Crippen LogP) is 5.74. The zero-order chi connectivity index (χ0) is 17.5. The lowest BCUT2D eigenvalue weighted by molar-refractivity contribution is 0.139. The summed E-state index contributed by atoms with van der Waals surface area (Å²) in [6, 6.07) is 9.49. The van der Waals surface area contributed by atoms with Gasteiger partial charge in [-0.1, -0.05) is 80.8 Å². The van der Waals surface area contributed by atoms with Gasteiger partial charge in [-0.25, -0.2) is 4.79 Å². The number of nitrogens with one attached hydrogen (secondary N) is 1. The van der Waals surface area contributed by atoms with Crippen LogP contribution >= 0.6 is 28.3 Å². The molecule has 7 heteroatoms. The van der Waals surface area contributed by atoms with Crippen LogP contribution in [0.25, 0.3) is 0 Å². The molecule has 1 aromatic rings. The normalized spacial score (nSPS) is 13.2. The van der Waals surface area contributed by atoms with E-state index < -0.39 is 17.4 Å². The summed E-state index contributed by atoms with van der Waals surface area (Å²) in [5, 5.41) is 3.20. The van der Waals surface area contributed by atoms with Gasteiger partial charge in [0, 0.05) is 10.5 Å². The second-order valence-corrected chi connectivity index (χ2v) is 15.1. The summed E-state index contributed by atoms with van der Waals surface area (Å²) in [7, 11) is 0. The van der Waals surface area contributed by atoms with Crippen molar-refractivity contribution in [1.29, 1.82) is 0 Å². The molecule has 0 fully saturated rings. The number of benzene rings is 1. The number of ether oxygens (including phenoxy) is 1. The van der Waals surface area contributed by atoms with Gasteiger partial charge in [0.2, 0.25) is 5.55 Å². The molecule has 4 nitrogen and oxygen atoms in total. The van der Waals surface area contributed by atoms with Crippen LogP contribution in [-0.4, -0.2) is 22.4 Å². The first-order chi connectivity index (χ1) is 10.7. The second kappa shape index (κ2) is 9.65. The smallest absolute Gasteiger partial charge is 0.408 e. The molecule has 0 aliphatic rings. The molecule has 0 saturated heterocycles. The van der Waals surface area contributed by atoms with E-state index in [9.17, 15) is 9.36 Å². The minimum Gasteiger partial charge on any atom is -0.445 e. The highest BCUT2D eigenvalue weighted by Gasteiger charge is 2.34. The molecule has 0 aromatic heterocycles. The maximum Gasteiger partial charge on any atom is 0.408 e. The van der Waals surface area contributed by atoms with E-state index in [0.29, 0.717) is 0 Å². The highest BCUT2D eigenvalue weighted by molar-refractivity contribution is 8.91. The van der Waals surface area contributed by atoms with E-state index in [0.717, 1.165) is 5.56 Å². The van der Waals surface area contributed by atoms with Crippen molar-refractivity contribution in [2.75, 3.05) is 0 Å². The lowest BCUT2D eigenvalue weighted by Gasteiger charge is -2.27. The zero-order valence-electron chi connectivity index (χ0n) is 14.3. The van der Waals surface area contributed by atoms with Gasteiger partial charge in [0.15, 0.2) is 0 Å². The van der Waals surface area contributed by atoms with Crippen LogP contribution in [0.4, 0.5) is 4.79 Å². The van der Waals surface area contributed by atoms with E-state index in [2.05, 4.69) is 5.32 Å². The van der Waals surface area contributed by atoms with E-state index in [1.165, 1.54) is 22.8 Å². The summed E-state index contributed by atoms with van der Waals surface area (Å²) in [6.07, 6.45) is -0.532. The third kappa shape index (κ3) is 7.69. The average molecular weight is 375 g/mol. The van der Waals surface area contributed by atoms with Crippen molar-refractivity contribution < 1.29 is 14.1 Å². The van der Waals surface area contributed by atoms with E-state index >= 15 is 0 Å². The van der Waals surface area contributed by atoms with E-state index in [4.69, 9.17) is 4.74 Å². The Balaban J connectivity index is 2.61. The maximum atomic E-state index is 13.2. The molecular formula is C16H26NO3PS2. The van der Waals surface area contributed by atoms with Crippen molar-refractivity contribution in [2.24, 2.45) is 0 Å². The third-order valence-electron chi connectivity index (χ3n) is 2.73. The fourth-order valence-electron chi connectivity index (χ4n) is 1.81. The summed E-state index contributed by atoms with van der Waals surface area (Å²) < 4.78 is 18.4. The van der Waals surface area contributed by atoms with Crippen molar-refractivity contribution in [2.45, 2.75) is 57.5 Å². The first kappa shape index (κ1) is 20.5. The lowest BCUT2D eigenvalue weighted by atomic mass is 10.2. The summed E-state index contributed by atoms with van der Waals surface area (Å²) in [5.41, 5.74) is -1.73. The standard InChI is InChI=1S/C16H26NO3PS2/c1-12(2)22-21(19,23-13(3)4)14(5)17-16(18)20-11-15-9-7-6-8-10-15/h6-10,12-14H,11H2,1-5H3,(H,17,18). The predicted molar refractivity (Wildman–Crippen MR) is 102 cm³/mol. The van der Waals surface area contributed by atoms with Crippen molar-refractivity contribution in [3.05, 3.63) is 35.9 Å². The van der Waals surface area contributed by atoms with E-state index in [1.807, 2.05) is 58.0 Å². The zero-order valence-corrected chi connectivity index (χ0v) is 16.8. The Hall–Kier alpha value is -0.580. The number of alkyl carbamates (subject to hydrolysis) is 1. The number of hydrogen-bond acceptors (Lipinski definition) is 5. The molecule has 1 N–H and O–H groups in total. The molecule has 1 amide bonds. The molecule has 0 aliphatic carbocycles. The number of hydrogen-bond donors (Lipinski definition) is 1. The van der Waals surface area contributed by atoms with Crippen molar-refractivity contribution >= 4 is 34.4 Å². The first-order valence-corrected chi connectivity index (χ1v) is 12.4. The minimum absolute atomic E-state index is 0.207. The molecule has 1 unspecified atom stereocenters. The molecule has 1 atom stereocenters. The Morgan fingerprint density at radius 3 is 2.09 bits per heavy atom.